The lowest BCUT2D eigenvalue weighted by atomic mass is 9.94. The van der Waals surface area contributed by atoms with Crippen molar-refractivity contribution in [1.82, 2.24) is 4.98 Å². The predicted molar refractivity (Wildman–Crippen MR) is 71.6 cm³/mol. The van der Waals surface area contributed by atoms with E-state index in [1.54, 1.807) is 6.07 Å². The fraction of sp³-hybridized carbons (Fsp3) is 0.400. The summed E-state index contributed by atoms with van der Waals surface area (Å²) >= 11 is 0. The average molecular weight is 229 g/mol. The standard InChI is InChI=1S/C15H19NO/c1-9(2)12-8-11-6-5-7-13(17)15(11)16-14(12)10(3)4/h5-10,17H,1-4H3. The first-order chi connectivity index (χ1) is 8.00. The van der Waals surface area contributed by atoms with Gasteiger partial charge in [0.1, 0.15) is 11.3 Å². The van der Waals surface area contributed by atoms with Crippen molar-refractivity contribution in [1.29, 1.82) is 0 Å². The van der Waals surface area contributed by atoms with E-state index in [-0.39, 0.29) is 5.75 Å². The van der Waals surface area contributed by atoms with Gasteiger partial charge in [0.25, 0.3) is 0 Å². The molecule has 2 nitrogen and oxygen atoms in total. The summed E-state index contributed by atoms with van der Waals surface area (Å²) in [4.78, 5) is 4.65. The Bertz CT molecular complexity index is 544. The van der Waals surface area contributed by atoms with Gasteiger partial charge in [-0.25, -0.2) is 4.98 Å². The van der Waals surface area contributed by atoms with Gasteiger partial charge in [-0.05, 0) is 29.5 Å². The zero-order valence-corrected chi connectivity index (χ0v) is 10.9. The lowest BCUT2D eigenvalue weighted by Gasteiger charge is -2.16. The van der Waals surface area contributed by atoms with E-state index in [4.69, 9.17) is 0 Å². The summed E-state index contributed by atoms with van der Waals surface area (Å²) < 4.78 is 0. The fourth-order valence-corrected chi connectivity index (χ4v) is 2.14. The van der Waals surface area contributed by atoms with Crippen molar-refractivity contribution in [3.05, 3.63) is 35.5 Å². The van der Waals surface area contributed by atoms with Crippen LogP contribution in [0.1, 0.15) is 50.8 Å². The third kappa shape index (κ3) is 2.12. The molecule has 0 saturated heterocycles. The molecule has 0 aliphatic carbocycles. The van der Waals surface area contributed by atoms with Gasteiger partial charge < -0.3 is 5.11 Å². The maximum atomic E-state index is 9.84. The summed E-state index contributed by atoms with van der Waals surface area (Å²) in [6.07, 6.45) is 0. The lowest BCUT2D eigenvalue weighted by molar-refractivity contribution is 0.480. The Kier molecular flexibility index (Phi) is 3.05. The minimum atomic E-state index is 0.264. The van der Waals surface area contributed by atoms with Crippen molar-refractivity contribution >= 4 is 10.9 Å². The second-order valence-corrected chi connectivity index (χ2v) is 5.12. The van der Waals surface area contributed by atoms with E-state index in [2.05, 4.69) is 38.7 Å². The second kappa shape index (κ2) is 4.36. The Morgan fingerprint density at radius 3 is 2.35 bits per heavy atom. The van der Waals surface area contributed by atoms with Crippen molar-refractivity contribution < 1.29 is 5.11 Å². The van der Waals surface area contributed by atoms with Crippen molar-refractivity contribution in [3.8, 4) is 5.75 Å². The number of pyridine rings is 1. The maximum Gasteiger partial charge on any atom is 0.141 e. The molecular formula is C15H19NO. The Hall–Kier alpha value is -1.57. The highest BCUT2D eigenvalue weighted by molar-refractivity contribution is 5.85. The maximum absolute atomic E-state index is 9.84. The Balaban J connectivity index is 2.77. The number of fused-ring (bicyclic) bond motifs is 1. The van der Waals surface area contributed by atoms with Gasteiger partial charge in [0.15, 0.2) is 0 Å². The van der Waals surface area contributed by atoms with Gasteiger partial charge in [0.05, 0.1) is 0 Å². The molecule has 0 amide bonds. The molecular weight excluding hydrogens is 210 g/mol. The minimum absolute atomic E-state index is 0.264. The number of hydrogen-bond donors (Lipinski definition) is 1. The number of benzene rings is 1. The van der Waals surface area contributed by atoms with Gasteiger partial charge in [0, 0.05) is 11.1 Å². The molecule has 0 aliphatic rings. The van der Waals surface area contributed by atoms with E-state index in [0.29, 0.717) is 17.4 Å². The monoisotopic (exact) mass is 229 g/mol. The van der Waals surface area contributed by atoms with Crippen LogP contribution in [0.3, 0.4) is 0 Å². The third-order valence-electron chi connectivity index (χ3n) is 3.05. The van der Waals surface area contributed by atoms with Crippen molar-refractivity contribution in [2.75, 3.05) is 0 Å². The van der Waals surface area contributed by atoms with Crippen LogP contribution in [0, 0.1) is 0 Å². The van der Waals surface area contributed by atoms with E-state index >= 15 is 0 Å². The number of aromatic hydroxyl groups is 1. The molecule has 0 saturated carbocycles. The van der Waals surface area contributed by atoms with Gasteiger partial charge in [-0.1, -0.05) is 39.8 Å². The summed E-state index contributed by atoms with van der Waals surface area (Å²) in [5, 5.41) is 10.9. The molecule has 0 spiro atoms. The summed E-state index contributed by atoms with van der Waals surface area (Å²) in [6, 6.07) is 7.70. The number of aromatic nitrogens is 1. The number of hydrogen-bond acceptors (Lipinski definition) is 2. The normalized spacial score (nSPS) is 11.6. The van der Waals surface area contributed by atoms with Crippen molar-refractivity contribution in [2.45, 2.75) is 39.5 Å². The van der Waals surface area contributed by atoms with Crippen LogP contribution in [-0.4, -0.2) is 10.1 Å². The van der Waals surface area contributed by atoms with Crippen LogP contribution < -0.4 is 0 Å². The van der Waals surface area contributed by atoms with E-state index in [1.165, 1.54) is 5.56 Å². The summed E-state index contributed by atoms with van der Waals surface area (Å²) in [5.41, 5.74) is 3.08. The summed E-state index contributed by atoms with van der Waals surface area (Å²) in [6.45, 7) is 8.63. The molecule has 0 bridgehead atoms. The van der Waals surface area contributed by atoms with E-state index in [1.807, 2.05) is 12.1 Å². The first-order valence-corrected chi connectivity index (χ1v) is 6.13. The first kappa shape index (κ1) is 11.9. The molecule has 1 aromatic carbocycles. The molecule has 0 atom stereocenters. The summed E-state index contributed by atoms with van der Waals surface area (Å²) in [7, 11) is 0. The first-order valence-electron chi connectivity index (χ1n) is 6.13. The third-order valence-corrected chi connectivity index (χ3v) is 3.05. The van der Waals surface area contributed by atoms with E-state index < -0.39 is 0 Å². The molecule has 1 aromatic heterocycles. The highest BCUT2D eigenvalue weighted by Crippen LogP contribution is 2.31. The lowest BCUT2D eigenvalue weighted by Crippen LogP contribution is -2.02. The molecule has 90 valence electrons. The molecule has 0 unspecified atom stereocenters. The number of nitrogens with zero attached hydrogens (tertiary/aromatic N) is 1. The SMILES string of the molecule is CC(C)c1cc2cccc(O)c2nc1C(C)C. The Morgan fingerprint density at radius 1 is 1.06 bits per heavy atom. The number of phenolic OH excluding ortho intramolecular Hbond substituents is 1. The van der Waals surface area contributed by atoms with Crippen LogP contribution in [0.2, 0.25) is 0 Å². The quantitative estimate of drug-likeness (QED) is 0.837. The second-order valence-electron chi connectivity index (χ2n) is 5.12. The highest BCUT2D eigenvalue weighted by atomic mass is 16.3. The molecule has 2 heteroatoms. The molecule has 17 heavy (non-hydrogen) atoms. The van der Waals surface area contributed by atoms with Crippen LogP contribution in [0.15, 0.2) is 24.3 Å². The van der Waals surface area contributed by atoms with Crippen molar-refractivity contribution in [3.63, 3.8) is 0 Å². The van der Waals surface area contributed by atoms with Gasteiger partial charge in [0.2, 0.25) is 0 Å². The van der Waals surface area contributed by atoms with Gasteiger partial charge in [-0.3, -0.25) is 0 Å². The molecule has 2 rings (SSSR count). The van der Waals surface area contributed by atoms with Crippen LogP contribution in [0.5, 0.6) is 5.75 Å². The minimum Gasteiger partial charge on any atom is -0.506 e. The van der Waals surface area contributed by atoms with Crippen LogP contribution in [-0.2, 0) is 0 Å². The van der Waals surface area contributed by atoms with E-state index in [9.17, 15) is 5.11 Å². The molecule has 2 aromatic rings. The van der Waals surface area contributed by atoms with E-state index in [0.717, 1.165) is 11.1 Å². The zero-order chi connectivity index (χ0) is 12.6. The van der Waals surface area contributed by atoms with Gasteiger partial charge in [-0.2, -0.15) is 0 Å². The largest absolute Gasteiger partial charge is 0.506 e. The Morgan fingerprint density at radius 2 is 1.76 bits per heavy atom. The predicted octanol–water partition coefficient (Wildman–Crippen LogP) is 4.19. The fourth-order valence-electron chi connectivity index (χ4n) is 2.14. The smallest absolute Gasteiger partial charge is 0.141 e. The topological polar surface area (TPSA) is 33.1 Å². The highest BCUT2D eigenvalue weighted by Gasteiger charge is 2.14. The number of phenols is 1. The Labute approximate surface area is 102 Å². The van der Waals surface area contributed by atoms with Crippen LogP contribution >= 0.6 is 0 Å². The molecule has 0 fully saturated rings. The zero-order valence-electron chi connectivity index (χ0n) is 10.9. The molecule has 1 N–H and O–H groups in total. The molecule has 1 heterocycles. The summed E-state index contributed by atoms with van der Waals surface area (Å²) in [5.74, 6) is 1.09. The van der Waals surface area contributed by atoms with Gasteiger partial charge in [-0.15, -0.1) is 0 Å². The number of para-hydroxylation sites is 1. The number of rotatable bonds is 2. The van der Waals surface area contributed by atoms with Crippen LogP contribution in [0.25, 0.3) is 10.9 Å². The molecule has 0 radical (unpaired) electrons. The average Bonchev–Trinajstić information content (AvgIpc) is 2.27. The molecule has 0 aliphatic heterocycles. The van der Waals surface area contributed by atoms with Gasteiger partial charge >= 0.3 is 0 Å². The van der Waals surface area contributed by atoms with Crippen molar-refractivity contribution in [2.24, 2.45) is 0 Å². The van der Waals surface area contributed by atoms with Crippen LogP contribution in [0.4, 0.5) is 0 Å².